The van der Waals surface area contributed by atoms with Crippen molar-refractivity contribution < 1.29 is 0 Å². The minimum Gasteiger partial charge on any atom is -0.333 e. The number of hydrogen-bond acceptors (Lipinski definition) is 2. The molecule has 0 amide bonds. The van der Waals surface area contributed by atoms with Crippen LogP contribution in [0.25, 0.3) is 0 Å². The summed E-state index contributed by atoms with van der Waals surface area (Å²) in [4.78, 5) is 0. The molecule has 2 atom stereocenters. The summed E-state index contributed by atoms with van der Waals surface area (Å²) in [6, 6.07) is 0. The summed E-state index contributed by atoms with van der Waals surface area (Å²) in [7, 11) is 3.43. The van der Waals surface area contributed by atoms with Crippen molar-refractivity contribution >= 4 is 11.6 Å². The van der Waals surface area contributed by atoms with E-state index in [1.165, 1.54) is 32.7 Å². The van der Waals surface area contributed by atoms with Crippen LogP contribution in [-0.2, 0) is 0 Å². The Balaban J connectivity index is -0.0000000453. The summed E-state index contributed by atoms with van der Waals surface area (Å²) >= 11 is 6.35. The highest BCUT2D eigenvalue weighted by Crippen LogP contribution is 2.46. The van der Waals surface area contributed by atoms with Gasteiger partial charge < -0.3 is 11.1 Å². The van der Waals surface area contributed by atoms with Crippen molar-refractivity contribution in [2.24, 2.45) is 16.6 Å². The first-order chi connectivity index (χ1) is 15.5. The number of nitrogens with two attached hydrogens (primary N) is 1. The van der Waals surface area contributed by atoms with Gasteiger partial charge in [0.25, 0.3) is 0 Å². The molecule has 1 unspecified atom stereocenters. The predicted octanol–water partition coefficient (Wildman–Crippen LogP) is 11.1. The predicted molar refractivity (Wildman–Crippen MR) is 167 cm³/mol. The highest BCUT2D eigenvalue weighted by atomic mass is 35.5. The fourth-order valence-electron chi connectivity index (χ4n) is 1.88. The van der Waals surface area contributed by atoms with Crippen molar-refractivity contribution in [2.75, 3.05) is 20.6 Å². The number of unbranched alkanes of at least 4 members (excludes halogenated alkanes) is 1. The average Bonchev–Trinajstić information content (AvgIpc) is 2.84. The van der Waals surface area contributed by atoms with Crippen LogP contribution in [0.1, 0.15) is 149 Å². The molecular formula is C30H75ClN2. The zero-order chi connectivity index (χ0) is 28.9. The van der Waals surface area contributed by atoms with Crippen molar-refractivity contribution in [3.05, 3.63) is 12.7 Å². The molecule has 0 aliphatic heterocycles. The van der Waals surface area contributed by atoms with Crippen molar-refractivity contribution in [3.8, 4) is 0 Å². The molecule has 0 saturated carbocycles. The van der Waals surface area contributed by atoms with Crippen LogP contribution in [0.15, 0.2) is 12.7 Å². The van der Waals surface area contributed by atoms with Gasteiger partial charge >= 0.3 is 0 Å². The Hall–Kier alpha value is -0.0500. The molecule has 212 valence electrons. The normalized spacial score (nSPS) is 11.0. The van der Waals surface area contributed by atoms with Crippen LogP contribution in [0.4, 0.5) is 0 Å². The molecule has 0 aromatic heterocycles. The van der Waals surface area contributed by atoms with Crippen molar-refractivity contribution in [1.82, 2.24) is 5.32 Å². The number of allylic oxidation sites excluding steroid dienone is 1. The largest absolute Gasteiger partial charge is 0.333 e. The van der Waals surface area contributed by atoms with Gasteiger partial charge in [-0.05, 0) is 51.2 Å². The molecule has 3 heteroatoms. The van der Waals surface area contributed by atoms with Crippen LogP contribution in [0.2, 0.25) is 0 Å². The van der Waals surface area contributed by atoms with Crippen LogP contribution in [0.5, 0.6) is 0 Å². The quantitative estimate of drug-likeness (QED) is 0.270. The van der Waals surface area contributed by atoms with E-state index in [0.717, 1.165) is 19.4 Å². The lowest BCUT2D eigenvalue weighted by Crippen LogP contribution is -2.34. The molecule has 0 radical (unpaired) electrons. The minimum atomic E-state index is 0.350. The Morgan fingerprint density at radius 1 is 0.818 bits per heavy atom. The smallest absolute Gasteiger partial charge is 0.0341 e. The third kappa shape index (κ3) is 59.5. The monoisotopic (exact) mass is 499 g/mol. The summed E-state index contributed by atoms with van der Waals surface area (Å²) in [6.07, 6.45) is 9.08. The third-order valence-electron chi connectivity index (χ3n) is 4.72. The van der Waals surface area contributed by atoms with Gasteiger partial charge in [0.1, 0.15) is 0 Å². The topological polar surface area (TPSA) is 38.0 Å². The molecule has 0 rings (SSSR count). The van der Waals surface area contributed by atoms with E-state index in [1.54, 1.807) is 6.08 Å². The Labute approximate surface area is 221 Å². The summed E-state index contributed by atoms with van der Waals surface area (Å²) in [5.74, 6) is 0. The van der Waals surface area contributed by atoms with Gasteiger partial charge in [-0.1, -0.05) is 136 Å². The second kappa shape index (κ2) is 53.4. The van der Waals surface area contributed by atoms with E-state index in [0.29, 0.717) is 16.2 Å². The van der Waals surface area contributed by atoms with E-state index in [9.17, 15) is 0 Å². The van der Waals surface area contributed by atoms with Gasteiger partial charge in [0.2, 0.25) is 0 Å². The highest BCUT2D eigenvalue weighted by molar-refractivity contribution is 6.20. The number of rotatable bonds is 7. The Kier molecular flexibility index (Phi) is 87.4. The van der Waals surface area contributed by atoms with Crippen LogP contribution in [0, 0.1) is 10.8 Å². The average molecular weight is 499 g/mol. The molecular weight excluding hydrogens is 424 g/mol. The van der Waals surface area contributed by atoms with Gasteiger partial charge in [0.05, 0.1) is 0 Å². The van der Waals surface area contributed by atoms with Crippen molar-refractivity contribution in [1.29, 1.82) is 0 Å². The van der Waals surface area contributed by atoms with Gasteiger partial charge in [-0.2, -0.15) is 0 Å². The second-order valence-corrected chi connectivity index (χ2v) is 8.49. The summed E-state index contributed by atoms with van der Waals surface area (Å²) in [5, 5.41) is 3.28. The Morgan fingerprint density at radius 3 is 1.21 bits per heavy atom. The second-order valence-electron chi connectivity index (χ2n) is 7.87. The summed E-state index contributed by atoms with van der Waals surface area (Å²) < 4.78 is 0. The molecule has 3 N–H and O–H groups in total. The van der Waals surface area contributed by atoms with Gasteiger partial charge in [-0.25, -0.2) is 0 Å². The van der Waals surface area contributed by atoms with Gasteiger partial charge in [-0.3, -0.25) is 0 Å². The van der Waals surface area contributed by atoms with Crippen LogP contribution >= 0.6 is 11.6 Å². The fourth-order valence-corrected chi connectivity index (χ4v) is 2.44. The van der Waals surface area contributed by atoms with E-state index in [4.69, 9.17) is 11.6 Å². The molecule has 0 fully saturated rings. The lowest BCUT2D eigenvalue weighted by Gasteiger charge is -2.43. The van der Waals surface area contributed by atoms with Gasteiger partial charge in [0.15, 0.2) is 0 Å². The molecule has 0 spiro atoms. The molecule has 0 saturated heterocycles. The summed E-state index contributed by atoms with van der Waals surface area (Å²) in [5.41, 5.74) is 5.22. The number of alkyl halides is 1. The first-order valence-electron chi connectivity index (χ1n) is 13.9. The number of hydrogen-bond donors (Lipinski definition) is 2. The molecule has 2 nitrogen and oxygen atoms in total. The zero-order valence-corrected chi connectivity index (χ0v) is 28.0. The molecule has 0 heterocycles. The Bertz CT molecular complexity index is 242. The first kappa shape index (κ1) is 54.0. The lowest BCUT2D eigenvalue weighted by molar-refractivity contribution is 0.0889. The lowest BCUT2D eigenvalue weighted by atomic mass is 9.64. The van der Waals surface area contributed by atoms with E-state index in [2.05, 4.69) is 79.9 Å². The van der Waals surface area contributed by atoms with Crippen molar-refractivity contribution in [3.63, 3.8) is 0 Å². The van der Waals surface area contributed by atoms with Crippen LogP contribution in [-0.4, -0.2) is 26.0 Å². The number of nitrogens with one attached hydrogen (secondary N) is 1. The van der Waals surface area contributed by atoms with E-state index < -0.39 is 0 Å². The van der Waals surface area contributed by atoms with Crippen LogP contribution in [0.3, 0.4) is 0 Å². The summed E-state index contributed by atoms with van der Waals surface area (Å²) in [6.45, 7) is 38.6. The van der Waals surface area contributed by atoms with E-state index in [-0.39, 0.29) is 0 Å². The minimum absolute atomic E-state index is 0.350. The third-order valence-corrected chi connectivity index (χ3v) is 5.09. The Morgan fingerprint density at radius 2 is 1.09 bits per heavy atom. The fraction of sp³-hybridized carbons (Fsp3) is 0.933. The van der Waals surface area contributed by atoms with Crippen molar-refractivity contribution in [2.45, 2.75) is 155 Å². The zero-order valence-electron chi connectivity index (χ0n) is 27.3. The SMILES string of the molecule is C=CC.CC.CC.CC.CCCC.CCCC(Cl)C[C@](C)(CC)C(C)(C)C.CCNC.CN. The van der Waals surface area contributed by atoms with Gasteiger partial charge in [0, 0.05) is 5.38 Å². The maximum atomic E-state index is 6.35. The molecule has 0 aliphatic rings. The molecule has 33 heavy (non-hydrogen) atoms. The molecule has 0 bridgehead atoms. The van der Waals surface area contributed by atoms with E-state index in [1.807, 2.05) is 55.5 Å². The molecule has 0 aliphatic carbocycles. The van der Waals surface area contributed by atoms with Gasteiger partial charge in [-0.15, -0.1) is 18.2 Å². The highest BCUT2D eigenvalue weighted by Gasteiger charge is 2.36. The maximum absolute atomic E-state index is 6.35. The molecule has 0 aromatic carbocycles. The number of halogens is 1. The first-order valence-corrected chi connectivity index (χ1v) is 14.4. The maximum Gasteiger partial charge on any atom is 0.0341 e. The van der Waals surface area contributed by atoms with Crippen LogP contribution < -0.4 is 11.1 Å². The standard InChI is InChI=1S/C13H27Cl.C4H10.C3H9N.C3H6.3C2H6.CH5N/c1-7-9-11(14)10-13(6,8-2)12(3,4)5;2*1-3-4-2;1-3-2;4*1-2/h11H,7-10H2,1-6H3;3-4H2,1-2H3;4H,3H2,1-2H3;3H,1H2,2H3;3*1-2H3;2H2,1H3/t11?,13-;;;;;;;/m0......./s1. The van der Waals surface area contributed by atoms with E-state index >= 15 is 0 Å². The molecule has 0 aromatic rings.